The van der Waals surface area contributed by atoms with E-state index in [0.717, 1.165) is 0 Å². The molecule has 8 heteroatoms. The second-order valence-electron chi connectivity index (χ2n) is 7.41. The van der Waals surface area contributed by atoms with Crippen LogP contribution in [-0.4, -0.2) is 34.8 Å². The number of ether oxygens (including phenoxy) is 1. The number of ketones is 1. The zero-order valence-corrected chi connectivity index (χ0v) is 18.0. The Hall–Kier alpha value is -4.46. The van der Waals surface area contributed by atoms with E-state index >= 15 is 0 Å². The van der Waals surface area contributed by atoms with Crippen molar-refractivity contribution >= 4 is 34.7 Å². The third-order valence-corrected chi connectivity index (χ3v) is 5.27. The number of pyridine rings is 1. The minimum atomic E-state index is -0.889. The van der Waals surface area contributed by atoms with E-state index in [1.165, 1.54) is 31.3 Å². The molecular weight excluding hydrogens is 422 g/mol. The fourth-order valence-corrected chi connectivity index (χ4v) is 3.80. The van der Waals surface area contributed by atoms with Gasteiger partial charge in [-0.2, -0.15) is 0 Å². The zero-order valence-electron chi connectivity index (χ0n) is 18.0. The average Bonchev–Trinajstić information content (AvgIpc) is 3.10. The molecule has 1 saturated heterocycles. The second-order valence-corrected chi connectivity index (χ2v) is 7.41. The normalized spacial score (nSPS) is 17.2. The van der Waals surface area contributed by atoms with E-state index in [2.05, 4.69) is 10.3 Å². The van der Waals surface area contributed by atoms with Crippen molar-refractivity contribution in [2.24, 2.45) is 0 Å². The number of nitrogens with one attached hydrogen (secondary N) is 1. The van der Waals surface area contributed by atoms with Crippen molar-refractivity contribution < 1.29 is 24.2 Å². The van der Waals surface area contributed by atoms with E-state index < -0.39 is 17.7 Å². The van der Waals surface area contributed by atoms with Crippen molar-refractivity contribution in [1.82, 2.24) is 4.98 Å². The Morgan fingerprint density at radius 3 is 2.39 bits per heavy atom. The highest BCUT2D eigenvalue weighted by Crippen LogP contribution is 2.42. The van der Waals surface area contributed by atoms with Gasteiger partial charge in [0.1, 0.15) is 11.5 Å². The lowest BCUT2D eigenvalue weighted by Gasteiger charge is -2.26. The molecule has 33 heavy (non-hydrogen) atoms. The number of methoxy groups -OCH3 is 1. The lowest BCUT2D eigenvalue weighted by molar-refractivity contribution is -0.132. The molecule has 4 rings (SSSR count). The maximum absolute atomic E-state index is 13.2. The number of aliphatic hydroxyl groups excluding tert-OH is 1. The van der Waals surface area contributed by atoms with Crippen LogP contribution >= 0.6 is 0 Å². The van der Waals surface area contributed by atoms with Gasteiger partial charge in [0.25, 0.3) is 11.7 Å². The lowest BCUT2D eigenvalue weighted by atomic mass is 9.95. The first-order valence-corrected chi connectivity index (χ1v) is 10.1. The van der Waals surface area contributed by atoms with Crippen LogP contribution in [-0.2, 0) is 14.4 Å². The number of benzene rings is 2. The Kier molecular flexibility index (Phi) is 5.91. The summed E-state index contributed by atoms with van der Waals surface area (Å²) >= 11 is 0. The third kappa shape index (κ3) is 4.18. The summed E-state index contributed by atoms with van der Waals surface area (Å²) in [6.45, 7) is 1.40. The van der Waals surface area contributed by atoms with Crippen LogP contribution in [0.3, 0.4) is 0 Å². The van der Waals surface area contributed by atoms with Crippen LogP contribution in [0.4, 0.5) is 11.4 Å². The number of nitrogens with zero attached hydrogens (tertiary/aromatic N) is 2. The highest BCUT2D eigenvalue weighted by molar-refractivity contribution is 6.51. The number of aliphatic hydroxyl groups is 1. The molecule has 1 fully saturated rings. The van der Waals surface area contributed by atoms with Gasteiger partial charge in [-0.15, -0.1) is 0 Å². The van der Waals surface area contributed by atoms with E-state index in [0.29, 0.717) is 28.3 Å². The maximum atomic E-state index is 13.2. The lowest BCUT2D eigenvalue weighted by Crippen LogP contribution is -2.29. The molecular formula is C25H21N3O5. The molecule has 0 aliphatic carbocycles. The minimum Gasteiger partial charge on any atom is -0.507 e. The van der Waals surface area contributed by atoms with E-state index in [-0.39, 0.29) is 17.2 Å². The number of anilines is 2. The summed E-state index contributed by atoms with van der Waals surface area (Å²) in [4.78, 5) is 42.9. The molecule has 1 aromatic heterocycles. The summed E-state index contributed by atoms with van der Waals surface area (Å²) in [5.41, 5.74) is 1.92. The summed E-state index contributed by atoms with van der Waals surface area (Å²) in [7, 11) is 1.52. The smallest absolute Gasteiger partial charge is 0.300 e. The summed E-state index contributed by atoms with van der Waals surface area (Å²) in [6.07, 6.45) is 2.98. The van der Waals surface area contributed by atoms with Crippen molar-refractivity contribution in [3.05, 3.63) is 89.8 Å². The summed E-state index contributed by atoms with van der Waals surface area (Å²) < 4.78 is 5.33. The molecule has 1 aliphatic heterocycles. The molecule has 1 unspecified atom stereocenters. The summed E-state index contributed by atoms with van der Waals surface area (Å²) in [5, 5.41) is 13.7. The Labute approximate surface area is 190 Å². The molecule has 2 aromatic carbocycles. The van der Waals surface area contributed by atoms with Gasteiger partial charge in [0.15, 0.2) is 0 Å². The van der Waals surface area contributed by atoms with Crippen LogP contribution in [0.15, 0.2) is 78.6 Å². The quantitative estimate of drug-likeness (QED) is 0.354. The van der Waals surface area contributed by atoms with Crippen LogP contribution < -0.4 is 15.0 Å². The van der Waals surface area contributed by atoms with Gasteiger partial charge < -0.3 is 15.2 Å². The molecule has 0 spiro atoms. The van der Waals surface area contributed by atoms with Gasteiger partial charge in [0, 0.05) is 36.3 Å². The molecule has 8 nitrogen and oxygen atoms in total. The Balaban J connectivity index is 1.88. The van der Waals surface area contributed by atoms with Gasteiger partial charge in [-0.05, 0) is 54.1 Å². The fourth-order valence-electron chi connectivity index (χ4n) is 3.80. The molecule has 166 valence electrons. The van der Waals surface area contributed by atoms with E-state index in [4.69, 9.17) is 4.74 Å². The molecule has 0 radical (unpaired) electrons. The van der Waals surface area contributed by atoms with Crippen LogP contribution in [0, 0.1) is 0 Å². The molecule has 2 heterocycles. The van der Waals surface area contributed by atoms with Crippen LogP contribution in [0.1, 0.15) is 24.1 Å². The SMILES string of the molecule is COc1cccc(C2/C(=C(/O)c3ccncc3)C(=O)C(=O)N2c2ccc(NC(C)=O)cc2)c1. The minimum absolute atomic E-state index is 0.0367. The van der Waals surface area contributed by atoms with E-state index in [1.54, 1.807) is 60.7 Å². The zero-order chi connectivity index (χ0) is 23.5. The van der Waals surface area contributed by atoms with Crippen molar-refractivity contribution in [3.63, 3.8) is 0 Å². The second kappa shape index (κ2) is 8.96. The molecule has 3 aromatic rings. The van der Waals surface area contributed by atoms with Gasteiger partial charge in [0.2, 0.25) is 5.91 Å². The molecule has 2 amide bonds. The Morgan fingerprint density at radius 2 is 1.76 bits per heavy atom. The van der Waals surface area contributed by atoms with E-state index in [1.807, 2.05) is 0 Å². The Morgan fingerprint density at radius 1 is 1.06 bits per heavy atom. The predicted octanol–water partition coefficient (Wildman–Crippen LogP) is 3.67. The van der Waals surface area contributed by atoms with Gasteiger partial charge in [-0.1, -0.05) is 12.1 Å². The molecule has 2 N–H and O–H groups in total. The molecule has 0 bridgehead atoms. The number of aromatic nitrogens is 1. The first-order valence-electron chi connectivity index (χ1n) is 10.1. The summed E-state index contributed by atoms with van der Waals surface area (Å²) in [6, 6.07) is 15.8. The van der Waals surface area contributed by atoms with Gasteiger partial charge >= 0.3 is 0 Å². The highest BCUT2D eigenvalue weighted by Gasteiger charge is 2.47. The number of carbonyl (C=O) groups excluding carboxylic acids is 3. The first-order chi connectivity index (χ1) is 15.9. The molecule has 1 aliphatic rings. The summed E-state index contributed by atoms with van der Waals surface area (Å²) in [5.74, 6) is -1.55. The number of Topliss-reactive ketones (excluding diaryl/α,β-unsaturated/α-hetero) is 1. The van der Waals surface area contributed by atoms with Gasteiger partial charge in [0.05, 0.1) is 18.7 Å². The standard InChI is InChI=1S/C25H21N3O5/c1-15(29)27-18-6-8-19(9-7-18)28-22(17-4-3-5-20(14-17)33-2)21(24(31)25(28)32)23(30)16-10-12-26-13-11-16/h3-14,22,30H,1-2H3,(H,27,29)/b23-21-. The number of carbonyl (C=O) groups is 3. The van der Waals surface area contributed by atoms with Crippen molar-refractivity contribution in [3.8, 4) is 5.75 Å². The van der Waals surface area contributed by atoms with Gasteiger partial charge in [-0.3, -0.25) is 24.3 Å². The molecule has 1 atom stereocenters. The topological polar surface area (TPSA) is 109 Å². The van der Waals surface area contributed by atoms with Gasteiger partial charge in [-0.25, -0.2) is 0 Å². The molecule has 0 saturated carbocycles. The van der Waals surface area contributed by atoms with Crippen molar-refractivity contribution in [2.75, 3.05) is 17.3 Å². The number of amides is 2. The van der Waals surface area contributed by atoms with Crippen molar-refractivity contribution in [1.29, 1.82) is 0 Å². The maximum Gasteiger partial charge on any atom is 0.300 e. The Bertz CT molecular complexity index is 1250. The van der Waals surface area contributed by atoms with Crippen molar-refractivity contribution in [2.45, 2.75) is 13.0 Å². The third-order valence-electron chi connectivity index (χ3n) is 5.27. The highest BCUT2D eigenvalue weighted by atomic mass is 16.5. The van der Waals surface area contributed by atoms with Crippen LogP contribution in [0.5, 0.6) is 5.75 Å². The first kappa shape index (κ1) is 21.8. The number of hydrogen-bond donors (Lipinski definition) is 2. The number of hydrogen-bond acceptors (Lipinski definition) is 6. The monoisotopic (exact) mass is 443 g/mol. The van der Waals surface area contributed by atoms with E-state index in [9.17, 15) is 19.5 Å². The van der Waals surface area contributed by atoms with Crippen LogP contribution in [0.2, 0.25) is 0 Å². The van der Waals surface area contributed by atoms with Crippen LogP contribution in [0.25, 0.3) is 5.76 Å². The fraction of sp³-hybridized carbons (Fsp3) is 0.120. The number of rotatable bonds is 5. The largest absolute Gasteiger partial charge is 0.507 e. The average molecular weight is 443 g/mol. The predicted molar refractivity (Wildman–Crippen MR) is 123 cm³/mol.